The molecule has 3 heteroatoms. The van der Waals surface area contributed by atoms with Gasteiger partial charge in [-0.25, -0.2) is 0 Å². The van der Waals surface area contributed by atoms with Crippen LogP contribution in [0.5, 0.6) is 0 Å². The Morgan fingerprint density at radius 1 is 1.67 bits per heavy atom. The Bertz CT molecular complexity index is 44.1. The molecule has 0 saturated carbocycles. The standard InChI is InChI=1S/C3H7O2P/c1-2-3-6(4)5/h2,4-5H,1,3H2. The Kier molecular flexibility index (Phi) is 3.34. The SMILES string of the molecule is C=CCP(O)O. The van der Waals surface area contributed by atoms with Crippen LogP contribution in [0.1, 0.15) is 0 Å². The second-order valence-electron chi connectivity index (χ2n) is 0.844. The van der Waals surface area contributed by atoms with Gasteiger partial charge in [-0.2, -0.15) is 0 Å². The van der Waals surface area contributed by atoms with Crippen molar-refractivity contribution in [3.8, 4) is 0 Å². The van der Waals surface area contributed by atoms with Crippen LogP contribution in [0.15, 0.2) is 12.7 Å². The number of hydrogen-bond donors (Lipinski definition) is 2. The number of allylic oxidation sites excluding steroid dienone is 1. The van der Waals surface area contributed by atoms with E-state index < -0.39 is 8.38 Å². The van der Waals surface area contributed by atoms with E-state index in [4.69, 9.17) is 9.79 Å². The summed E-state index contributed by atoms with van der Waals surface area (Å²) < 4.78 is 0. The molecule has 0 aliphatic rings. The Balaban J connectivity index is 2.81. The molecular weight excluding hydrogens is 99.0 g/mol. The van der Waals surface area contributed by atoms with Gasteiger partial charge in [-0.05, 0) is 0 Å². The zero-order chi connectivity index (χ0) is 4.99. The van der Waals surface area contributed by atoms with Crippen molar-refractivity contribution in [2.75, 3.05) is 6.16 Å². The molecule has 0 aliphatic carbocycles. The smallest absolute Gasteiger partial charge is 0.168 e. The maximum atomic E-state index is 8.10. The fourth-order valence-electron chi connectivity index (χ4n) is 0.115. The highest BCUT2D eigenvalue weighted by Crippen LogP contribution is 2.20. The summed E-state index contributed by atoms with van der Waals surface area (Å²) in [5.41, 5.74) is 0. The van der Waals surface area contributed by atoms with E-state index in [1.165, 1.54) is 6.08 Å². The summed E-state index contributed by atoms with van der Waals surface area (Å²) in [6.07, 6.45) is 1.79. The second kappa shape index (κ2) is 3.29. The van der Waals surface area contributed by atoms with Crippen molar-refractivity contribution >= 4 is 8.38 Å². The second-order valence-corrected chi connectivity index (χ2v) is 1.95. The molecule has 0 aromatic carbocycles. The van der Waals surface area contributed by atoms with E-state index in [0.29, 0.717) is 6.16 Å². The normalized spacial score (nSPS) is 9.17. The summed E-state index contributed by atoms with van der Waals surface area (Å²) in [6, 6.07) is 0. The summed E-state index contributed by atoms with van der Waals surface area (Å²) >= 11 is 0. The Morgan fingerprint density at radius 3 is 2.17 bits per heavy atom. The molecule has 0 atom stereocenters. The van der Waals surface area contributed by atoms with Gasteiger partial charge in [-0.3, -0.25) is 0 Å². The van der Waals surface area contributed by atoms with Crippen molar-refractivity contribution in [1.29, 1.82) is 0 Å². The molecule has 2 N–H and O–H groups in total. The monoisotopic (exact) mass is 106 g/mol. The molecule has 6 heavy (non-hydrogen) atoms. The van der Waals surface area contributed by atoms with E-state index >= 15 is 0 Å². The summed E-state index contributed by atoms with van der Waals surface area (Å²) in [4.78, 5) is 16.2. The van der Waals surface area contributed by atoms with E-state index in [2.05, 4.69) is 6.58 Å². The molecule has 0 fully saturated rings. The van der Waals surface area contributed by atoms with Gasteiger partial charge in [0.25, 0.3) is 0 Å². The predicted molar refractivity (Wildman–Crippen MR) is 26.4 cm³/mol. The van der Waals surface area contributed by atoms with E-state index in [1.807, 2.05) is 0 Å². The quantitative estimate of drug-likeness (QED) is 0.396. The lowest BCUT2D eigenvalue weighted by Gasteiger charge is -1.90. The molecule has 0 unspecified atom stereocenters. The molecule has 0 amide bonds. The van der Waals surface area contributed by atoms with Gasteiger partial charge in [0.1, 0.15) is 0 Å². The number of rotatable bonds is 2. The molecule has 2 nitrogen and oxygen atoms in total. The Labute approximate surface area is 38.0 Å². The summed E-state index contributed by atoms with van der Waals surface area (Å²) in [5.74, 6) is 0. The molecule has 0 radical (unpaired) electrons. The minimum absolute atomic E-state index is 0.315. The minimum Gasteiger partial charge on any atom is -0.350 e. The van der Waals surface area contributed by atoms with E-state index in [1.54, 1.807) is 0 Å². The van der Waals surface area contributed by atoms with Gasteiger partial charge in [-0.15, -0.1) is 6.58 Å². The Morgan fingerprint density at radius 2 is 2.17 bits per heavy atom. The first-order chi connectivity index (χ1) is 2.77. The average Bonchev–Trinajstić information content (AvgIpc) is 1.35. The van der Waals surface area contributed by atoms with Gasteiger partial charge in [0, 0.05) is 6.16 Å². The summed E-state index contributed by atoms with van der Waals surface area (Å²) in [5, 5.41) is 0. The van der Waals surface area contributed by atoms with Gasteiger partial charge >= 0.3 is 0 Å². The summed E-state index contributed by atoms with van der Waals surface area (Å²) in [6.45, 7) is 3.30. The molecule has 0 bridgehead atoms. The van der Waals surface area contributed by atoms with E-state index in [9.17, 15) is 0 Å². The lowest BCUT2D eigenvalue weighted by atomic mass is 10.8. The van der Waals surface area contributed by atoms with Gasteiger partial charge in [-0.1, -0.05) is 6.08 Å². The van der Waals surface area contributed by atoms with Crippen LogP contribution in [0.4, 0.5) is 0 Å². The Hall–Kier alpha value is 0.0900. The lowest BCUT2D eigenvalue weighted by Crippen LogP contribution is -1.70. The van der Waals surface area contributed by atoms with Crippen LogP contribution >= 0.6 is 8.38 Å². The third-order valence-electron chi connectivity index (χ3n) is 0.292. The highest BCUT2D eigenvalue weighted by atomic mass is 31.2. The largest absolute Gasteiger partial charge is 0.350 e. The van der Waals surface area contributed by atoms with Crippen LogP contribution in [0.3, 0.4) is 0 Å². The maximum Gasteiger partial charge on any atom is 0.168 e. The maximum absolute atomic E-state index is 8.10. The zero-order valence-electron chi connectivity index (χ0n) is 3.33. The van der Waals surface area contributed by atoms with Gasteiger partial charge in [0.15, 0.2) is 8.38 Å². The van der Waals surface area contributed by atoms with Crippen LogP contribution in [-0.2, 0) is 0 Å². The van der Waals surface area contributed by atoms with Crippen LogP contribution in [0.2, 0.25) is 0 Å². The van der Waals surface area contributed by atoms with Crippen LogP contribution in [0, 0.1) is 0 Å². The fourth-order valence-corrected chi connectivity index (χ4v) is 0.346. The highest BCUT2D eigenvalue weighted by Gasteiger charge is 1.87. The highest BCUT2D eigenvalue weighted by molar-refractivity contribution is 7.45. The molecule has 0 saturated heterocycles. The van der Waals surface area contributed by atoms with Crippen LogP contribution in [-0.4, -0.2) is 15.9 Å². The van der Waals surface area contributed by atoms with Crippen molar-refractivity contribution < 1.29 is 9.79 Å². The fraction of sp³-hybridized carbons (Fsp3) is 0.333. The zero-order valence-corrected chi connectivity index (χ0v) is 4.23. The molecule has 0 rings (SSSR count). The van der Waals surface area contributed by atoms with Crippen LogP contribution < -0.4 is 0 Å². The van der Waals surface area contributed by atoms with E-state index in [-0.39, 0.29) is 0 Å². The van der Waals surface area contributed by atoms with Crippen molar-refractivity contribution in [3.05, 3.63) is 12.7 Å². The van der Waals surface area contributed by atoms with Crippen molar-refractivity contribution in [2.24, 2.45) is 0 Å². The minimum atomic E-state index is -1.72. The molecule has 0 aromatic rings. The molecule has 0 heterocycles. The molecule has 0 aliphatic heterocycles. The lowest BCUT2D eigenvalue weighted by molar-refractivity contribution is 0.487. The van der Waals surface area contributed by atoms with Gasteiger partial charge in [0.05, 0.1) is 0 Å². The topological polar surface area (TPSA) is 40.5 Å². The van der Waals surface area contributed by atoms with Gasteiger partial charge < -0.3 is 9.79 Å². The molecule has 36 valence electrons. The summed E-state index contributed by atoms with van der Waals surface area (Å²) in [7, 11) is -1.72. The van der Waals surface area contributed by atoms with Crippen molar-refractivity contribution in [3.63, 3.8) is 0 Å². The van der Waals surface area contributed by atoms with Crippen LogP contribution in [0.25, 0.3) is 0 Å². The third-order valence-corrected chi connectivity index (χ3v) is 0.877. The molecule has 0 aromatic heterocycles. The molecular formula is C3H7O2P. The van der Waals surface area contributed by atoms with Gasteiger partial charge in [0.2, 0.25) is 0 Å². The first-order valence-electron chi connectivity index (χ1n) is 1.53. The van der Waals surface area contributed by atoms with E-state index in [0.717, 1.165) is 0 Å². The van der Waals surface area contributed by atoms with Crippen molar-refractivity contribution in [2.45, 2.75) is 0 Å². The number of hydrogen-bond acceptors (Lipinski definition) is 2. The van der Waals surface area contributed by atoms with Crippen molar-refractivity contribution in [1.82, 2.24) is 0 Å². The molecule has 0 spiro atoms. The third kappa shape index (κ3) is 4.09. The predicted octanol–water partition coefficient (Wildman–Crippen LogP) is 0.469. The first-order valence-corrected chi connectivity index (χ1v) is 2.97. The first kappa shape index (κ1) is 6.09. The average molecular weight is 106 g/mol.